The normalized spacial score (nSPS) is 17.0. The lowest BCUT2D eigenvalue weighted by Gasteiger charge is -2.21. The Kier molecular flexibility index (Phi) is 5.77. The van der Waals surface area contributed by atoms with Gasteiger partial charge in [0.1, 0.15) is 9.84 Å². The predicted octanol–water partition coefficient (Wildman–Crippen LogP) is 4.54. The lowest BCUT2D eigenvalue weighted by Crippen LogP contribution is -2.22. The molecule has 1 aliphatic heterocycles. The van der Waals surface area contributed by atoms with Crippen molar-refractivity contribution in [3.63, 3.8) is 0 Å². The van der Waals surface area contributed by atoms with Gasteiger partial charge in [-0.25, -0.2) is 8.42 Å². The van der Waals surface area contributed by atoms with Crippen molar-refractivity contribution in [1.82, 2.24) is 4.98 Å². The van der Waals surface area contributed by atoms with Crippen LogP contribution in [0.4, 0.5) is 0 Å². The molecule has 4 rings (SSSR count). The first-order valence-corrected chi connectivity index (χ1v) is 13.5. The molecule has 8 heteroatoms. The van der Waals surface area contributed by atoms with Gasteiger partial charge in [0.15, 0.2) is 0 Å². The third-order valence-electron chi connectivity index (χ3n) is 5.48. The number of hydrogen-bond acceptors (Lipinski definition) is 5. The minimum absolute atomic E-state index is 0.170. The summed E-state index contributed by atoms with van der Waals surface area (Å²) in [6.07, 6.45) is 3.15. The first-order valence-electron chi connectivity index (χ1n) is 9.70. The minimum Gasteiger partial charge on any atom is -0.366 e. The van der Waals surface area contributed by atoms with Crippen LogP contribution in [0.25, 0.3) is 21.3 Å². The van der Waals surface area contributed by atoms with Crippen LogP contribution in [-0.2, 0) is 15.6 Å². The van der Waals surface area contributed by atoms with Crippen molar-refractivity contribution in [3.8, 4) is 10.4 Å². The number of nitrogens with one attached hydrogen (secondary N) is 1. The van der Waals surface area contributed by atoms with Gasteiger partial charge in [-0.05, 0) is 59.9 Å². The topological polar surface area (TPSA) is 93.0 Å². The number of carbonyl (C=O) groups is 1. The molecule has 0 bridgehead atoms. The number of primary amides is 1. The molecule has 1 amide bonds. The van der Waals surface area contributed by atoms with Gasteiger partial charge in [-0.2, -0.15) is 11.8 Å². The number of nitrogens with two attached hydrogens (primary N) is 1. The van der Waals surface area contributed by atoms with E-state index in [9.17, 15) is 13.2 Å². The number of benzene rings is 1. The maximum Gasteiger partial charge on any atom is 0.250 e. The number of thioether (sulfide) groups is 1. The summed E-state index contributed by atoms with van der Waals surface area (Å²) in [5, 5.41) is 0.971. The molecule has 1 aliphatic rings. The lowest BCUT2D eigenvalue weighted by atomic mass is 9.91. The van der Waals surface area contributed by atoms with E-state index in [-0.39, 0.29) is 17.4 Å². The number of aromatic nitrogens is 1. The summed E-state index contributed by atoms with van der Waals surface area (Å²) < 4.78 is 23.6. The zero-order valence-corrected chi connectivity index (χ0v) is 18.7. The Hall–Kier alpha value is -1.77. The average Bonchev–Trinajstić information content (AvgIpc) is 3.32. The highest BCUT2D eigenvalue weighted by molar-refractivity contribution is 7.98. The van der Waals surface area contributed by atoms with Gasteiger partial charge in [0, 0.05) is 27.1 Å². The van der Waals surface area contributed by atoms with E-state index in [0.717, 1.165) is 38.4 Å². The molecule has 2 aromatic heterocycles. The van der Waals surface area contributed by atoms with Crippen molar-refractivity contribution in [2.24, 2.45) is 5.73 Å². The van der Waals surface area contributed by atoms with Gasteiger partial charge in [0.25, 0.3) is 5.91 Å². The molecule has 0 spiro atoms. The van der Waals surface area contributed by atoms with Crippen molar-refractivity contribution < 1.29 is 13.2 Å². The predicted molar refractivity (Wildman–Crippen MR) is 123 cm³/mol. The van der Waals surface area contributed by atoms with Crippen LogP contribution in [0.15, 0.2) is 30.5 Å². The van der Waals surface area contributed by atoms with E-state index >= 15 is 0 Å². The monoisotopic (exact) mass is 448 g/mol. The molecule has 0 atom stereocenters. The fraction of sp³-hybridized carbons (Fsp3) is 0.381. The molecule has 0 aliphatic carbocycles. The van der Waals surface area contributed by atoms with Crippen molar-refractivity contribution in [2.75, 3.05) is 17.3 Å². The summed E-state index contributed by atoms with van der Waals surface area (Å²) in [5.74, 6) is 2.21. The Labute approximate surface area is 179 Å². The van der Waals surface area contributed by atoms with Gasteiger partial charge >= 0.3 is 0 Å². The molecular formula is C21H24N2O3S3. The van der Waals surface area contributed by atoms with Gasteiger partial charge < -0.3 is 10.7 Å². The molecule has 1 fully saturated rings. The maximum absolute atomic E-state index is 12.1. The highest BCUT2D eigenvalue weighted by Gasteiger charge is 2.27. The minimum atomic E-state index is -2.92. The number of amides is 1. The van der Waals surface area contributed by atoms with E-state index in [0.29, 0.717) is 18.4 Å². The van der Waals surface area contributed by atoms with Crippen LogP contribution in [-0.4, -0.2) is 36.6 Å². The Morgan fingerprint density at radius 3 is 2.72 bits per heavy atom. The number of aromatic amines is 1. The van der Waals surface area contributed by atoms with Crippen LogP contribution < -0.4 is 5.73 Å². The molecule has 0 unspecified atom stereocenters. The van der Waals surface area contributed by atoms with Crippen LogP contribution in [0.2, 0.25) is 0 Å². The van der Waals surface area contributed by atoms with Gasteiger partial charge in [0.05, 0.1) is 22.6 Å². The molecule has 5 nitrogen and oxygen atoms in total. The van der Waals surface area contributed by atoms with Crippen LogP contribution in [0.5, 0.6) is 0 Å². The van der Waals surface area contributed by atoms with E-state index in [1.807, 2.05) is 24.0 Å². The summed E-state index contributed by atoms with van der Waals surface area (Å²) in [6, 6.07) is 8.21. The van der Waals surface area contributed by atoms with Gasteiger partial charge in [-0.3, -0.25) is 4.79 Å². The lowest BCUT2D eigenvalue weighted by molar-refractivity contribution is 0.100. The maximum atomic E-state index is 12.1. The third kappa shape index (κ3) is 4.25. The van der Waals surface area contributed by atoms with E-state index in [1.54, 1.807) is 11.3 Å². The number of rotatable bonds is 6. The first kappa shape index (κ1) is 20.5. The van der Waals surface area contributed by atoms with E-state index in [4.69, 9.17) is 5.73 Å². The molecule has 3 heterocycles. The second-order valence-corrected chi connectivity index (χ2v) is 12.1. The molecule has 3 N–H and O–H groups in total. The zero-order chi connectivity index (χ0) is 20.6. The number of thiophene rings is 1. The summed E-state index contributed by atoms with van der Waals surface area (Å²) in [4.78, 5) is 17.8. The molecule has 154 valence electrons. The van der Waals surface area contributed by atoms with E-state index in [2.05, 4.69) is 30.1 Å². The molecule has 29 heavy (non-hydrogen) atoms. The van der Waals surface area contributed by atoms with Crippen LogP contribution in [0.1, 0.15) is 46.5 Å². The van der Waals surface area contributed by atoms with E-state index < -0.39 is 15.7 Å². The van der Waals surface area contributed by atoms with Crippen molar-refractivity contribution in [1.29, 1.82) is 0 Å². The summed E-state index contributed by atoms with van der Waals surface area (Å²) in [7, 11) is -2.92. The number of sulfone groups is 1. The molecular weight excluding hydrogens is 424 g/mol. The second-order valence-electron chi connectivity index (χ2n) is 7.38. The number of hydrogen-bond donors (Lipinski definition) is 2. The quantitative estimate of drug-likeness (QED) is 0.579. The van der Waals surface area contributed by atoms with E-state index in [1.165, 1.54) is 4.88 Å². The third-order valence-corrected chi connectivity index (χ3v) is 9.43. The molecule has 0 saturated carbocycles. The van der Waals surface area contributed by atoms with Gasteiger partial charge in [-0.1, -0.05) is 6.92 Å². The van der Waals surface area contributed by atoms with Crippen molar-refractivity contribution >= 4 is 49.7 Å². The van der Waals surface area contributed by atoms with Gasteiger partial charge in [0.2, 0.25) is 0 Å². The summed E-state index contributed by atoms with van der Waals surface area (Å²) >= 11 is 3.62. The highest BCUT2D eigenvalue weighted by Crippen LogP contribution is 2.38. The molecule has 3 aromatic rings. The number of fused-ring (bicyclic) bond motifs is 1. The van der Waals surface area contributed by atoms with Crippen LogP contribution in [0.3, 0.4) is 0 Å². The highest BCUT2D eigenvalue weighted by atomic mass is 32.2. The Morgan fingerprint density at radius 2 is 2.03 bits per heavy atom. The Bertz CT molecular complexity index is 1150. The fourth-order valence-corrected chi connectivity index (χ4v) is 7.21. The summed E-state index contributed by atoms with van der Waals surface area (Å²) in [5.41, 5.74) is 8.96. The second kappa shape index (κ2) is 8.16. The molecule has 1 aromatic carbocycles. The van der Waals surface area contributed by atoms with Gasteiger partial charge in [-0.15, -0.1) is 11.3 Å². The fourth-order valence-electron chi connectivity index (χ4n) is 3.94. The zero-order valence-electron chi connectivity index (χ0n) is 16.2. The van der Waals surface area contributed by atoms with Crippen molar-refractivity contribution in [2.45, 2.75) is 31.4 Å². The largest absolute Gasteiger partial charge is 0.366 e. The Balaban J connectivity index is 1.76. The first-order chi connectivity index (χ1) is 13.9. The molecule has 0 radical (unpaired) electrons. The standard InChI is InChI=1S/C21H24N2O3S3/c1-2-27-12-15-3-4-19(28-15)14-9-16-18(13-5-7-29(25,26)8-6-13)11-23-20(16)17(10-14)21(22)24/h3-4,9-11,13,23H,2,5-8,12H2,1H3,(H2,22,24). The van der Waals surface area contributed by atoms with Crippen LogP contribution >= 0.6 is 23.1 Å². The summed E-state index contributed by atoms with van der Waals surface area (Å²) in [6.45, 7) is 2.15. The van der Waals surface area contributed by atoms with Crippen LogP contribution in [0, 0.1) is 0 Å². The SMILES string of the molecule is CCSCc1ccc(-c2cc(C(N)=O)c3[nH]cc(C4CCS(=O)(=O)CC4)c3c2)s1. The average molecular weight is 449 g/mol. The number of H-pyrrole nitrogens is 1. The molecule has 1 saturated heterocycles. The van der Waals surface area contributed by atoms with Crippen molar-refractivity contribution in [3.05, 3.63) is 46.5 Å². The smallest absolute Gasteiger partial charge is 0.250 e. The number of carbonyl (C=O) groups excluding carboxylic acids is 1. The Morgan fingerprint density at radius 1 is 1.28 bits per heavy atom.